The van der Waals surface area contributed by atoms with Gasteiger partial charge in [-0.25, -0.2) is 9.37 Å². The van der Waals surface area contributed by atoms with Crippen molar-refractivity contribution >= 4 is 32.6 Å². The van der Waals surface area contributed by atoms with E-state index in [0.29, 0.717) is 12.1 Å². The number of hydrogen-bond donors (Lipinski definition) is 2. The lowest BCUT2D eigenvalue weighted by Crippen LogP contribution is -2.37. The van der Waals surface area contributed by atoms with Crippen LogP contribution in [-0.4, -0.2) is 16.9 Å². The number of aromatic nitrogens is 1. The van der Waals surface area contributed by atoms with E-state index in [9.17, 15) is 9.18 Å². The number of carbonyl (C=O) groups excluding carboxylic acids is 1. The number of fused-ring (bicyclic) bond motifs is 1. The Hall–Kier alpha value is -2.47. The number of nitrogens with one attached hydrogen (secondary N) is 2. The van der Waals surface area contributed by atoms with Crippen LogP contribution in [0, 0.1) is 12.7 Å². The van der Waals surface area contributed by atoms with Crippen molar-refractivity contribution in [3.05, 3.63) is 59.4 Å². The van der Waals surface area contributed by atoms with E-state index in [1.54, 1.807) is 26.0 Å². The number of carbonyl (C=O) groups is 1. The van der Waals surface area contributed by atoms with E-state index in [1.165, 1.54) is 17.4 Å². The molecule has 3 rings (SSSR count). The normalized spacial score (nSPS) is 12.1. The number of aryl methyl sites for hydroxylation is 1. The van der Waals surface area contributed by atoms with Crippen molar-refractivity contribution in [2.45, 2.75) is 26.4 Å². The largest absolute Gasteiger partial charge is 0.350 e. The number of benzene rings is 2. The Morgan fingerprint density at radius 1 is 1.29 bits per heavy atom. The van der Waals surface area contributed by atoms with E-state index < -0.39 is 6.04 Å². The zero-order valence-corrected chi connectivity index (χ0v) is 14.3. The van der Waals surface area contributed by atoms with Gasteiger partial charge in [-0.15, -0.1) is 0 Å². The highest BCUT2D eigenvalue weighted by Crippen LogP contribution is 2.25. The summed E-state index contributed by atoms with van der Waals surface area (Å²) >= 11 is 1.52. The number of hydrogen-bond acceptors (Lipinski definition) is 4. The average Bonchev–Trinajstić information content (AvgIpc) is 2.97. The van der Waals surface area contributed by atoms with Crippen LogP contribution in [0.15, 0.2) is 42.5 Å². The quantitative estimate of drug-likeness (QED) is 0.740. The molecule has 0 aliphatic carbocycles. The van der Waals surface area contributed by atoms with Gasteiger partial charge in [0.25, 0.3) is 0 Å². The first-order chi connectivity index (χ1) is 11.5. The number of rotatable bonds is 5. The molecule has 24 heavy (non-hydrogen) atoms. The Morgan fingerprint density at radius 2 is 2.08 bits per heavy atom. The molecule has 2 aromatic carbocycles. The van der Waals surface area contributed by atoms with Crippen LogP contribution < -0.4 is 10.6 Å². The smallest absolute Gasteiger partial charge is 0.242 e. The minimum atomic E-state index is -0.410. The van der Waals surface area contributed by atoms with E-state index in [0.717, 1.165) is 20.9 Å². The maximum absolute atomic E-state index is 13.3. The second-order valence-electron chi connectivity index (χ2n) is 5.65. The summed E-state index contributed by atoms with van der Waals surface area (Å²) in [6, 6.07) is 12.3. The summed E-state index contributed by atoms with van der Waals surface area (Å²) in [5.74, 6) is -0.368. The van der Waals surface area contributed by atoms with Crippen LogP contribution in [0.2, 0.25) is 0 Å². The molecule has 6 heteroatoms. The Kier molecular flexibility index (Phi) is 4.76. The van der Waals surface area contributed by atoms with Crippen LogP contribution in [0.25, 0.3) is 10.2 Å². The highest BCUT2D eigenvalue weighted by atomic mass is 32.1. The first-order valence-corrected chi connectivity index (χ1v) is 8.49. The maximum Gasteiger partial charge on any atom is 0.242 e. The molecule has 0 saturated carbocycles. The van der Waals surface area contributed by atoms with Crippen molar-refractivity contribution < 1.29 is 9.18 Å². The van der Waals surface area contributed by atoms with Crippen molar-refractivity contribution in [3.63, 3.8) is 0 Å². The SMILES string of the molecule is Cc1cc(CNC(=O)[C@H](C)Nc2nc3ccccc3s2)ccc1F. The minimum Gasteiger partial charge on any atom is -0.350 e. The van der Waals surface area contributed by atoms with Gasteiger partial charge in [0.15, 0.2) is 5.13 Å². The highest BCUT2D eigenvalue weighted by Gasteiger charge is 2.14. The average molecular weight is 343 g/mol. The van der Waals surface area contributed by atoms with E-state index in [1.807, 2.05) is 24.3 Å². The van der Waals surface area contributed by atoms with Crippen LogP contribution in [-0.2, 0) is 11.3 Å². The molecule has 0 unspecified atom stereocenters. The number of nitrogens with zero attached hydrogens (tertiary/aromatic N) is 1. The van der Waals surface area contributed by atoms with Crippen LogP contribution in [0.3, 0.4) is 0 Å². The Bertz CT molecular complexity index is 845. The lowest BCUT2D eigenvalue weighted by molar-refractivity contribution is -0.121. The first kappa shape index (κ1) is 16.4. The van der Waals surface area contributed by atoms with Gasteiger partial charge in [-0.1, -0.05) is 35.6 Å². The van der Waals surface area contributed by atoms with Gasteiger partial charge in [0.05, 0.1) is 10.2 Å². The van der Waals surface area contributed by atoms with E-state index in [-0.39, 0.29) is 11.7 Å². The van der Waals surface area contributed by atoms with Gasteiger partial charge in [0, 0.05) is 6.54 Å². The van der Waals surface area contributed by atoms with Crippen LogP contribution in [0.5, 0.6) is 0 Å². The maximum atomic E-state index is 13.3. The topological polar surface area (TPSA) is 54.0 Å². The lowest BCUT2D eigenvalue weighted by atomic mass is 10.1. The van der Waals surface area contributed by atoms with Crippen molar-refractivity contribution in [3.8, 4) is 0 Å². The molecule has 0 aliphatic heterocycles. The Labute approximate surface area is 143 Å². The molecular weight excluding hydrogens is 325 g/mol. The number of thiazole rings is 1. The zero-order chi connectivity index (χ0) is 17.1. The monoisotopic (exact) mass is 343 g/mol. The summed E-state index contributed by atoms with van der Waals surface area (Å²) in [4.78, 5) is 16.7. The number of amides is 1. The Balaban J connectivity index is 1.58. The molecule has 0 aliphatic rings. The van der Waals surface area contributed by atoms with Crippen molar-refractivity contribution in [2.75, 3.05) is 5.32 Å². The molecule has 1 atom stereocenters. The number of anilines is 1. The van der Waals surface area contributed by atoms with Gasteiger partial charge >= 0.3 is 0 Å². The number of para-hydroxylation sites is 1. The molecule has 1 heterocycles. The van der Waals surface area contributed by atoms with Crippen LogP contribution in [0.1, 0.15) is 18.1 Å². The van der Waals surface area contributed by atoms with Gasteiger partial charge in [-0.05, 0) is 43.2 Å². The van der Waals surface area contributed by atoms with Crippen molar-refractivity contribution in [1.29, 1.82) is 0 Å². The molecule has 1 amide bonds. The van der Waals surface area contributed by atoms with Crippen LogP contribution in [0.4, 0.5) is 9.52 Å². The molecule has 0 fully saturated rings. The molecule has 0 saturated heterocycles. The predicted molar refractivity (Wildman–Crippen MR) is 95.7 cm³/mol. The molecule has 2 N–H and O–H groups in total. The third kappa shape index (κ3) is 3.71. The molecule has 124 valence electrons. The predicted octanol–water partition coefficient (Wildman–Crippen LogP) is 3.86. The number of halogens is 1. The summed E-state index contributed by atoms with van der Waals surface area (Å²) in [6.07, 6.45) is 0. The summed E-state index contributed by atoms with van der Waals surface area (Å²) < 4.78 is 14.3. The highest BCUT2D eigenvalue weighted by molar-refractivity contribution is 7.22. The zero-order valence-electron chi connectivity index (χ0n) is 13.5. The Morgan fingerprint density at radius 3 is 2.83 bits per heavy atom. The molecule has 4 nitrogen and oxygen atoms in total. The molecule has 0 radical (unpaired) electrons. The first-order valence-electron chi connectivity index (χ1n) is 7.68. The summed E-state index contributed by atoms with van der Waals surface area (Å²) in [5.41, 5.74) is 2.36. The fourth-order valence-corrected chi connectivity index (χ4v) is 3.30. The van der Waals surface area contributed by atoms with Gasteiger partial charge in [0.2, 0.25) is 5.91 Å². The van der Waals surface area contributed by atoms with Gasteiger partial charge in [-0.2, -0.15) is 0 Å². The lowest BCUT2D eigenvalue weighted by Gasteiger charge is -2.13. The summed E-state index contributed by atoms with van der Waals surface area (Å²) in [6.45, 7) is 3.86. The third-order valence-corrected chi connectivity index (χ3v) is 4.68. The van der Waals surface area contributed by atoms with Gasteiger partial charge < -0.3 is 10.6 Å². The second-order valence-corrected chi connectivity index (χ2v) is 6.68. The minimum absolute atomic E-state index is 0.128. The molecular formula is C18H18FN3OS. The van der Waals surface area contributed by atoms with Gasteiger partial charge in [0.1, 0.15) is 11.9 Å². The van der Waals surface area contributed by atoms with E-state index in [2.05, 4.69) is 15.6 Å². The molecule has 0 bridgehead atoms. The second kappa shape index (κ2) is 6.97. The van der Waals surface area contributed by atoms with Crippen LogP contribution >= 0.6 is 11.3 Å². The summed E-state index contributed by atoms with van der Waals surface area (Å²) in [5, 5.41) is 6.69. The van der Waals surface area contributed by atoms with E-state index >= 15 is 0 Å². The van der Waals surface area contributed by atoms with E-state index in [4.69, 9.17) is 0 Å². The molecule has 3 aromatic rings. The fourth-order valence-electron chi connectivity index (χ4n) is 2.34. The molecule has 1 aromatic heterocycles. The molecule has 0 spiro atoms. The van der Waals surface area contributed by atoms with Gasteiger partial charge in [-0.3, -0.25) is 4.79 Å². The van der Waals surface area contributed by atoms with Crippen molar-refractivity contribution in [2.24, 2.45) is 0 Å². The summed E-state index contributed by atoms with van der Waals surface area (Å²) in [7, 11) is 0. The third-order valence-electron chi connectivity index (χ3n) is 3.72. The standard InChI is InChI=1S/C18H18FN3OS/c1-11-9-13(7-8-14(11)19)10-20-17(23)12(2)21-18-22-15-5-3-4-6-16(15)24-18/h3-9,12H,10H2,1-2H3,(H,20,23)(H,21,22)/t12-/m0/s1. The van der Waals surface area contributed by atoms with Crippen molar-refractivity contribution in [1.82, 2.24) is 10.3 Å². The fraction of sp³-hybridized carbons (Fsp3) is 0.222.